The predicted octanol–water partition coefficient (Wildman–Crippen LogP) is 3.54. The van der Waals surface area contributed by atoms with E-state index in [2.05, 4.69) is 9.84 Å². The van der Waals surface area contributed by atoms with Gasteiger partial charge in [0.2, 0.25) is 0 Å². The van der Waals surface area contributed by atoms with Crippen molar-refractivity contribution in [1.82, 2.24) is 9.78 Å². The largest absolute Gasteiger partial charge is 0.465 e. The van der Waals surface area contributed by atoms with Crippen LogP contribution >= 0.6 is 11.6 Å². The summed E-state index contributed by atoms with van der Waals surface area (Å²) in [5.41, 5.74) is 1.24. The van der Waals surface area contributed by atoms with Crippen LogP contribution in [0.25, 0.3) is 11.3 Å². The molecule has 0 atom stereocenters. The highest BCUT2D eigenvalue weighted by Gasteiger charge is 2.15. The van der Waals surface area contributed by atoms with Crippen LogP contribution in [-0.2, 0) is 11.3 Å². The summed E-state index contributed by atoms with van der Waals surface area (Å²) < 4.78 is 20.0. The number of ether oxygens (including phenoxy) is 1. The van der Waals surface area contributed by atoms with Gasteiger partial charge < -0.3 is 4.74 Å². The molecule has 0 amide bonds. The molecule has 0 aliphatic carbocycles. The number of halogens is 2. The summed E-state index contributed by atoms with van der Waals surface area (Å²) >= 11 is 6.11. The lowest BCUT2D eigenvalue weighted by Gasteiger charge is -2.09. The minimum absolute atomic E-state index is 0.141. The summed E-state index contributed by atoms with van der Waals surface area (Å²) in [7, 11) is 1.25. The van der Waals surface area contributed by atoms with Crippen LogP contribution in [0.3, 0.4) is 0 Å². The maximum absolute atomic E-state index is 13.7. The first-order valence-corrected chi connectivity index (χ1v) is 6.55. The topological polar surface area (TPSA) is 44.1 Å². The Balaban J connectivity index is 2.55. The summed E-state index contributed by atoms with van der Waals surface area (Å²) in [6.07, 6.45) is 2.37. The first-order chi connectivity index (χ1) is 9.56. The summed E-state index contributed by atoms with van der Waals surface area (Å²) in [6, 6.07) is 4.00. The number of carbonyl (C=O) groups is 1. The molecular weight excluding hydrogens is 283 g/mol. The Morgan fingerprint density at radius 3 is 2.85 bits per heavy atom. The Morgan fingerprint density at radius 1 is 1.45 bits per heavy atom. The van der Waals surface area contributed by atoms with Gasteiger partial charge in [-0.15, -0.1) is 0 Å². The molecule has 1 heterocycles. The Morgan fingerprint density at radius 2 is 2.20 bits per heavy atom. The molecule has 1 aromatic carbocycles. The van der Waals surface area contributed by atoms with Crippen molar-refractivity contribution >= 4 is 17.6 Å². The molecule has 0 radical (unpaired) electrons. The van der Waals surface area contributed by atoms with Crippen LogP contribution in [0.5, 0.6) is 0 Å². The van der Waals surface area contributed by atoms with E-state index < -0.39 is 11.8 Å². The van der Waals surface area contributed by atoms with Gasteiger partial charge in [-0.2, -0.15) is 5.10 Å². The zero-order valence-corrected chi connectivity index (χ0v) is 11.9. The second kappa shape index (κ2) is 6.05. The van der Waals surface area contributed by atoms with E-state index in [-0.39, 0.29) is 5.56 Å². The van der Waals surface area contributed by atoms with Crippen LogP contribution in [0.1, 0.15) is 23.7 Å². The van der Waals surface area contributed by atoms with Crippen molar-refractivity contribution in [2.45, 2.75) is 19.9 Å². The Hall–Kier alpha value is -1.88. The first-order valence-electron chi connectivity index (χ1n) is 6.17. The lowest BCUT2D eigenvalue weighted by molar-refractivity contribution is 0.0600. The fourth-order valence-corrected chi connectivity index (χ4v) is 2.24. The number of esters is 1. The van der Waals surface area contributed by atoms with Gasteiger partial charge in [0, 0.05) is 12.1 Å². The monoisotopic (exact) mass is 296 g/mol. The lowest BCUT2D eigenvalue weighted by Crippen LogP contribution is -2.05. The molecule has 0 saturated heterocycles. The molecular formula is C14H14ClFN2O2. The van der Waals surface area contributed by atoms with E-state index in [1.807, 2.05) is 6.92 Å². The maximum atomic E-state index is 13.7. The average Bonchev–Trinajstić information content (AvgIpc) is 2.78. The zero-order valence-electron chi connectivity index (χ0n) is 11.2. The third kappa shape index (κ3) is 2.82. The van der Waals surface area contributed by atoms with Crippen molar-refractivity contribution in [1.29, 1.82) is 0 Å². The Bertz CT molecular complexity index is 640. The number of nitrogens with zero attached hydrogens (tertiary/aromatic N) is 2. The van der Waals surface area contributed by atoms with Crippen molar-refractivity contribution in [3.8, 4) is 11.3 Å². The normalized spacial score (nSPS) is 10.6. The van der Waals surface area contributed by atoms with Gasteiger partial charge in [-0.3, -0.25) is 4.68 Å². The van der Waals surface area contributed by atoms with E-state index in [0.717, 1.165) is 12.5 Å². The number of rotatable bonds is 4. The molecule has 2 rings (SSSR count). The van der Waals surface area contributed by atoms with Gasteiger partial charge in [0.25, 0.3) is 0 Å². The maximum Gasteiger partial charge on any atom is 0.337 e. The second-order valence-electron chi connectivity index (χ2n) is 4.28. The summed E-state index contributed by atoms with van der Waals surface area (Å²) in [5.74, 6) is -1.12. The summed E-state index contributed by atoms with van der Waals surface area (Å²) in [6.45, 7) is 2.66. The van der Waals surface area contributed by atoms with E-state index in [4.69, 9.17) is 11.6 Å². The van der Waals surface area contributed by atoms with Crippen molar-refractivity contribution < 1.29 is 13.9 Å². The summed E-state index contributed by atoms with van der Waals surface area (Å²) in [4.78, 5) is 11.5. The smallest absolute Gasteiger partial charge is 0.337 e. The molecule has 2 aromatic rings. The molecule has 0 aliphatic heterocycles. The van der Waals surface area contributed by atoms with Gasteiger partial charge in [0.05, 0.1) is 29.6 Å². The van der Waals surface area contributed by atoms with E-state index in [0.29, 0.717) is 22.8 Å². The molecule has 0 N–H and O–H groups in total. The van der Waals surface area contributed by atoms with E-state index in [1.165, 1.54) is 19.4 Å². The van der Waals surface area contributed by atoms with Gasteiger partial charge >= 0.3 is 5.97 Å². The third-order valence-electron chi connectivity index (χ3n) is 2.82. The molecule has 106 valence electrons. The van der Waals surface area contributed by atoms with Gasteiger partial charge in [-0.05, 0) is 24.6 Å². The summed E-state index contributed by atoms with van der Waals surface area (Å²) in [5, 5.41) is 4.57. The van der Waals surface area contributed by atoms with Crippen LogP contribution < -0.4 is 0 Å². The van der Waals surface area contributed by atoms with E-state index in [9.17, 15) is 9.18 Å². The fourth-order valence-electron chi connectivity index (χ4n) is 1.99. The highest BCUT2D eigenvalue weighted by Crippen LogP contribution is 2.29. The SMILES string of the molecule is CCCn1ncc(Cl)c1-c1cc(F)cc(C(=O)OC)c1. The second-order valence-corrected chi connectivity index (χ2v) is 4.69. The quantitative estimate of drug-likeness (QED) is 0.811. The van der Waals surface area contributed by atoms with Crippen LogP contribution in [0.2, 0.25) is 5.02 Å². The number of aromatic nitrogens is 2. The molecule has 0 bridgehead atoms. The molecule has 4 nitrogen and oxygen atoms in total. The molecule has 1 aromatic heterocycles. The third-order valence-corrected chi connectivity index (χ3v) is 3.10. The van der Waals surface area contributed by atoms with Crippen LogP contribution in [0.4, 0.5) is 4.39 Å². The van der Waals surface area contributed by atoms with Gasteiger partial charge in [-0.25, -0.2) is 9.18 Å². The van der Waals surface area contributed by atoms with E-state index >= 15 is 0 Å². The van der Waals surface area contributed by atoms with Crippen molar-refractivity contribution in [2.24, 2.45) is 0 Å². The predicted molar refractivity (Wildman–Crippen MR) is 74.3 cm³/mol. The number of benzene rings is 1. The molecule has 6 heteroatoms. The zero-order chi connectivity index (χ0) is 14.7. The van der Waals surface area contributed by atoms with Gasteiger partial charge in [0.15, 0.2) is 0 Å². The Kier molecular flexibility index (Phi) is 4.39. The van der Waals surface area contributed by atoms with E-state index in [1.54, 1.807) is 10.7 Å². The standard InChI is InChI=1S/C14H14ClFN2O2/c1-3-4-18-13(12(15)8-17-18)9-5-10(14(19)20-2)7-11(16)6-9/h5-8H,3-4H2,1-2H3. The van der Waals surface area contributed by atoms with Crippen LogP contribution in [0.15, 0.2) is 24.4 Å². The van der Waals surface area contributed by atoms with Crippen molar-refractivity contribution in [2.75, 3.05) is 7.11 Å². The van der Waals surface area contributed by atoms with Crippen molar-refractivity contribution in [3.63, 3.8) is 0 Å². The van der Waals surface area contributed by atoms with Crippen LogP contribution in [-0.4, -0.2) is 22.9 Å². The Labute approximate surface area is 121 Å². The van der Waals surface area contributed by atoms with Crippen molar-refractivity contribution in [3.05, 3.63) is 40.8 Å². The van der Waals surface area contributed by atoms with Crippen LogP contribution in [0, 0.1) is 5.82 Å². The highest BCUT2D eigenvalue weighted by atomic mass is 35.5. The number of carbonyl (C=O) groups excluding carboxylic acids is 1. The fraction of sp³-hybridized carbons (Fsp3) is 0.286. The first kappa shape index (κ1) is 14.5. The molecule has 0 unspecified atom stereocenters. The number of hydrogen-bond donors (Lipinski definition) is 0. The molecule has 0 fully saturated rings. The van der Waals surface area contributed by atoms with Gasteiger partial charge in [0.1, 0.15) is 5.82 Å². The number of methoxy groups -OCH3 is 1. The van der Waals surface area contributed by atoms with Gasteiger partial charge in [-0.1, -0.05) is 18.5 Å². The molecule has 20 heavy (non-hydrogen) atoms. The number of hydrogen-bond acceptors (Lipinski definition) is 3. The molecule has 0 spiro atoms. The lowest BCUT2D eigenvalue weighted by atomic mass is 10.1. The molecule has 0 saturated carbocycles. The highest BCUT2D eigenvalue weighted by molar-refractivity contribution is 6.33. The minimum atomic E-state index is -0.594. The number of aryl methyl sites for hydroxylation is 1. The average molecular weight is 297 g/mol. The minimum Gasteiger partial charge on any atom is -0.465 e. The molecule has 0 aliphatic rings.